The zero-order chi connectivity index (χ0) is 18.9. The lowest BCUT2D eigenvalue weighted by atomic mass is 10.2. The molecule has 0 unspecified atom stereocenters. The minimum Gasteiger partial charge on any atom is -0.338 e. The third-order valence-corrected chi connectivity index (χ3v) is 5.46. The standard InChI is InChI=1S/C20H14N4O2S/c21-13-14-6-8-16(9-7-14)24-27(25,26)17-10-11-18-19(12-17)23-20(22-18)15-4-2-1-3-5-15/h1-12,24H,(H,22,23). The van der Waals surface area contributed by atoms with Gasteiger partial charge < -0.3 is 4.98 Å². The van der Waals surface area contributed by atoms with Gasteiger partial charge in [0.1, 0.15) is 5.82 Å². The van der Waals surface area contributed by atoms with Crippen LogP contribution in [0.25, 0.3) is 22.4 Å². The summed E-state index contributed by atoms with van der Waals surface area (Å²) < 4.78 is 27.8. The normalized spacial score (nSPS) is 11.2. The molecule has 7 heteroatoms. The summed E-state index contributed by atoms with van der Waals surface area (Å²) in [6.45, 7) is 0. The first kappa shape index (κ1) is 16.8. The number of aromatic nitrogens is 2. The summed E-state index contributed by atoms with van der Waals surface area (Å²) in [6, 6.07) is 22.6. The van der Waals surface area contributed by atoms with Crippen LogP contribution in [0, 0.1) is 11.3 Å². The molecule has 6 nitrogen and oxygen atoms in total. The molecule has 0 amide bonds. The molecule has 0 atom stereocenters. The summed E-state index contributed by atoms with van der Waals surface area (Å²) in [6.07, 6.45) is 0. The van der Waals surface area contributed by atoms with Gasteiger partial charge in [-0.05, 0) is 42.5 Å². The van der Waals surface area contributed by atoms with E-state index in [2.05, 4.69) is 14.7 Å². The molecule has 0 radical (unpaired) electrons. The van der Waals surface area contributed by atoms with Crippen molar-refractivity contribution in [3.8, 4) is 17.5 Å². The van der Waals surface area contributed by atoms with E-state index in [1.807, 2.05) is 36.4 Å². The Morgan fingerprint density at radius 3 is 2.41 bits per heavy atom. The van der Waals surface area contributed by atoms with Gasteiger partial charge in [0, 0.05) is 11.3 Å². The highest BCUT2D eigenvalue weighted by atomic mass is 32.2. The van der Waals surface area contributed by atoms with E-state index in [-0.39, 0.29) is 4.90 Å². The average Bonchev–Trinajstić information content (AvgIpc) is 3.12. The van der Waals surface area contributed by atoms with Crippen LogP contribution in [-0.2, 0) is 10.0 Å². The second kappa shape index (κ2) is 6.59. The minimum atomic E-state index is -3.76. The zero-order valence-electron chi connectivity index (χ0n) is 14.0. The van der Waals surface area contributed by atoms with Gasteiger partial charge in [0.2, 0.25) is 0 Å². The molecular formula is C20H14N4O2S. The smallest absolute Gasteiger partial charge is 0.261 e. The molecule has 2 N–H and O–H groups in total. The van der Waals surface area contributed by atoms with Gasteiger partial charge in [-0.2, -0.15) is 5.26 Å². The van der Waals surface area contributed by atoms with Crippen LogP contribution < -0.4 is 4.72 Å². The second-order valence-corrected chi connectivity index (χ2v) is 7.61. The van der Waals surface area contributed by atoms with Gasteiger partial charge in [0.05, 0.1) is 27.6 Å². The highest BCUT2D eigenvalue weighted by Gasteiger charge is 2.16. The minimum absolute atomic E-state index is 0.127. The Labute approximate surface area is 156 Å². The van der Waals surface area contributed by atoms with Gasteiger partial charge >= 0.3 is 0 Å². The molecule has 0 saturated heterocycles. The summed E-state index contributed by atoms with van der Waals surface area (Å²) in [5.41, 5.74) is 3.10. The number of sulfonamides is 1. The summed E-state index contributed by atoms with van der Waals surface area (Å²) in [4.78, 5) is 7.80. The first-order valence-electron chi connectivity index (χ1n) is 8.13. The molecule has 132 valence electrons. The van der Waals surface area contributed by atoms with E-state index >= 15 is 0 Å². The lowest BCUT2D eigenvalue weighted by molar-refractivity contribution is 0.601. The van der Waals surface area contributed by atoms with Crippen molar-refractivity contribution >= 4 is 26.7 Å². The molecule has 3 aromatic carbocycles. The molecular weight excluding hydrogens is 360 g/mol. The predicted molar refractivity (Wildman–Crippen MR) is 103 cm³/mol. The van der Waals surface area contributed by atoms with Gasteiger partial charge in [0.15, 0.2) is 0 Å². The maximum atomic E-state index is 12.7. The highest BCUT2D eigenvalue weighted by Crippen LogP contribution is 2.24. The number of hydrogen-bond acceptors (Lipinski definition) is 4. The van der Waals surface area contributed by atoms with Crippen molar-refractivity contribution in [1.82, 2.24) is 9.97 Å². The van der Waals surface area contributed by atoms with Crippen molar-refractivity contribution < 1.29 is 8.42 Å². The molecule has 1 aromatic heterocycles. The Hall–Kier alpha value is -3.63. The zero-order valence-corrected chi connectivity index (χ0v) is 14.9. The lowest BCUT2D eigenvalue weighted by Gasteiger charge is -2.08. The Kier molecular flexibility index (Phi) is 4.11. The van der Waals surface area contributed by atoms with E-state index in [4.69, 9.17) is 5.26 Å². The summed E-state index contributed by atoms with van der Waals surface area (Å²) >= 11 is 0. The number of nitriles is 1. The molecule has 1 heterocycles. The fourth-order valence-corrected chi connectivity index (χ4v) is 3.80. The van der Waals surface area contributed by atoms with Crippen LogP contribution >= 0.6 is 0 Å². The molecule has 0 bridgehead atoms. The van der Waals surface area contributed by atoms with Crippen molar-refractivity contribution in [2.45, 2.75) is 4.90 Å². The van der Waals surface area contributed by atoms with E-state index in [0.717, 1.165) is 5.56 Å². The SMILES string of the molecule is N#Cc1ccc(NS(=O)(=O)c2ccc3nc(-c4ccccc4)[nH]c3c2)cc1. The van der Waals surface area contributed by atoms with Crippen molar-refractivity contribution in [2.24, 2.45) is 0 Å². The second-order valence-electron chi connectivity index (χ2n) is 5.93. The third-order valence-electron chi connectivity index (χ3n) is 4.08. The predicted octanol–water partition coefficient (Wildman–Crippen LogP) is 3.90. The summed E-state index contributed by atoms with van der Waals surface area (Å²) in [5, 5.41) is 8.83. The van der Waals surface area contributed by atoms with Crippen LogP contribution in [0.3, 0.4) is 0 Å². The van der Waals surface area contributed by atoms with Crippen LogP contribution in [0.15, 0.2) is 77.7 Å². The van der Waals surface area contributed by atoms with E-state index in [1.54, 1.807) is 36.4 Å². The van der Waals surface area contributed by atoms with Crippen LogP contribution in [0.2, 0.25) is 0 Å². The number of nitrogens with zero attached hydrogens (tertiary/aromatic N) is 2. The highest BCUT2D eigenvalue weighted by molar-refractivity contribution is 7.92. The summed E-state index contributed by atoms with van der Waals surface area (Å²) in [7, 11) is -3.76. The number of rotatable bonds is 4. The molecule has 0 fully saturated rings. The monoisotopic (exact) mass is 374 g/mol. The number of fused-ring (bicyclic) bond motifs is 1. The number of anilines is 1. The number of benzene rings is 3. The number of H-pyrrole nitrogens is 1. The fraction of sp³-hybridized carbons (Fsp3) is 0. The van der Waals surface area contributed by atoms with Gasteiger partial charge in [-0.25, -0.2) is 13.4 Å². The van der Waals surface area contributed by atoms with Crippen molar-refractivity contribution in [1.29, 1.82) is 5.26 Å². The quantitative estimate of drug-likeness (QED) is 0.566. The molecule has 27 heavy (non-hydrogen) atoms. The van der Waals surface area contributed by atoms with Crippen molar-refractivity contribution in [3.63, 3.8) is 0 Å². The maximum absolute atomic E-state index is 12.7. The Morgan fingerprint density at radius 2 is 1.70 bits per heavy atom. The molecule has 0 aliphatic carbocycles. The van der Waals surface area contributed by atoms with Crippen LogP contribution in [0.1, 0.15) is 5.56 Å². The first-order chi connectivity index (χ1) is 13.0. The van der Waals surface area contributed by atoms with E-state index in [0.29, 0.717) is 28.1 Å². The Balaban J connectivity index is 1.67. The van der Waals surface area contributed by atoms with Gasteiger partial charge in [0.25, 0.3) is 10.0 Å². The number of imidazole rings is 1. The lowest BCUT2D eigenvalue weighted by Crippen LogP contribution is -2.12. The van der Waals surface area contributed by atoms with Gasteiger partial charge in [-0.1, -0.05) is 30.3 Å². The van der Waals surface area contributed by atoms with E-state index in [9.17, 15) is 8.42 Å². The molecule has 0 aliphatic rings. The molecule has 4 aromatic rings. The number of aromatic amines is 1. The molecule has 0 saturated carbocycles. The first-order valence-corrected chi connectivity index (χ1v) is 9.62. The largest absolute Gasteiger partial charge is 0.338 e. The van der Waals surface area contributed by atoms with Gasteiger partial charge in [-0.3, -0.25) is 4.72 Å². The molecule has 0 spiro atoms. The molecule has 4 rings (SSSR count). The van der Waals surface area contributed by atoms with E-state index < -0.39 is 10.0 Å². The number of hydrogen-bond donors (Lipinski definition) is 2. The van der Waals surface area contributed by atoms with E-state index in [1.165, 1.54) is 6.07 Å². The molecule has 0 aliphatic heterocycles. The Bertz CT molecular complexity index is 1260. The summed E-state index contributed by atoms with van der Waals surface area (Å²) in [5.74, 6) is 0.681. The van der Waals surface area contributed by atoms with Crippen molar-refractivity contribution in [2.75, 3.05) is 4.72 Å². The van der Waals surface area contributed by atoms with Crippen LogP contribution in [-0.4, -0.2) is 18.4 Å². The third kappa shape index (κ3) is 3.38. The maximum Gasteiger partial charge on any atom is 0.261 e. The van der Waals surface area contributed by atoms with Crippen LogP contribution in [0.4, 0.5) is 5.69 Å². The van der Waals surface area contributed by atoms with Crippen molar-refractivity contribution in [3.05, 3.63) is 78.4 Å². The average molecular weight is 374 g/mol. The van der Waals surface area contributed by atoms with Gasteiger partial charge in [-0.15, -0.1) is 0 Å². The van der Waals surface area contributed by atoms with Crippen LogP contribution in [0.5, 0.6) is 0 Å². The number of nitrogens with one attached hydrogen (secondary N) is 2. The fourth-order valence-electron chi connectivity index (χ4n) is 2.72. The Morgan fingerprint density at radius 1 is 0.963 bits per heavy atom. The topological polar surface area (TPSA) is 98.6 Å².